The average Bonchev–Trinajstić information content (AvgIpc) is 2.91. The molecule has 3 rings (SSSR count). The lowest BCUT2D eigenvalue weighted by Crippen LogP contribution is -3.61. The van der Waals surface area contributed by atoms with Gasteiger partial charge in [-0.1, -0.05) is 48.5 Å². The summed E-state index contributed by atoms with van der Waals surface area (Å²) in [5.41, 5.74) is -16.5. The average molecular weight is 956 g/mol. The molecule has 0 aliphatic heterocycles. The van der Waals surface area contributed by atoms with E-state index in [-0.39, 0.29) is 32.5 Å². The Morgan fingerprint density at radius 1 is 0.565 bits per heavy atom. The summed E-state index contributed by atoms with van der Waals surface area (Å²) in [5.74, 6) is -0.304. The molecule has 0 fully saturated rings. The minimum atomic E-state index is -6.09. The lowest BCUT2D eigenvalue weighted by atomic mass is 10.2. The summed E-state index contributed by atoms with van der Waals surface area (Å²) >= 11 is -1.22. The molecule has 0 amide bonds. The van der Waals surface area contributed by atoms with Crippen LogP contribution in [0.1, 0.15) is 5.56 Å². The van der Waals surface area contributed by atoms with Crippen LogP contribution in [0.15, 0.2) is 89.0 Å². The van der Waals surface area contributed by atoms with Crippen molar-refractivity contribution in [2.75, 3.05) is 0 Å². The van der Waals surface area contributed by atoms with Gasteiger partial charge in [0.05, 0.1) is 0 Å². The Kier molecular flexibility index (Phi) is 15.2. The molecule has 9 nitrogen and oxygen atoms in total. The van der Waals surface area contributed by atoms with Crippen molar-refractivity contribution in [1.29, 1.82) is 0 Å². The van der Waals surface area contributed by atoms with Crippen LogP contribution in [0.25, 0.3) is 5.76 Å². The number of hydrogen-bond acceptors (Lipinski definition) is 9. The predicted octanol–water partition coefficient (Wildman–Crippen LogP) is -0.959. The van der Waals surface area contributed by atoms with E-state index in [4.69, 9.17) is 25.9 Å². The van der Waals surface area contributed by atoms with Gasteiger partial charge in [-0.3, -0.25) is 0 Å². The van der Waals surface area contributed by atoms with Gasteiger partial charge in [0.15, 0.2) is 36.7 Å². The Labute approximate surface area is 276 Å². The molecule has 0 atom stereocenters. The molecule has 0 bridgehead atoms. The number of halogens is 11. The molecule has 256 valence electrons. The van der Waals surface area contributed by atoms with Crippen molar-refractivity contribution in [3.63, 3.8) is 0 Å². The first kappa shape index (κ1) is 41.8. The van der Waals surface area contributed by atoms with Crippen LogP contribution in [0.5, 0.6) is 0 Å². The minimum Gasteiger partial charge on any atom is -0.741 e. The first-order chi connectivity index (χ1) is 20.7. The van der Waals surface area contributed by atoms with Crippen molar-refractivity contribution in [2.24, 2.45) is 0 Å². The summed E-state index contributed by atoms with van der Waals surface area (Å²) in [5, 5.41) is 0. The van der Waals surface area contributed by atoms with Crippen LogP contribution in [0.4, 0.5) is 39.5 Å². The molecule has 0 heterocycles. The monoisotopic (exact) mass is 956 g/mol. The molecule has 3 aromatic rings. The maximum Gasteiger partial charge on any atom is 0.534 e. The second-order valence-electron chi connectivity index (χ2n) is 7.56. The zero-order valence-corrected chi connectivity index (χ0v) is 28.5. The highest BCUT2D eigenvalue weighted by Crippen LogP contribution is 2.29. The van der Waals surface area contributed by atoms with Gasteiger partial charge >= 0.3 is 69.1 Å². The van der Waals surface area contributed by atoms with Crippen molar-refractivity contribution >= 4 is 36.1 Å². The van der Waals surface area contributed by atoms with Crippen molar-refractivity contribution in [3.8, 4) is 0 Å². The van der Waals surface area contributed by atoms with E-state index in [1.54, 1.807) is 18.2 Å². The lowest BCUT2D eigenvalue weighted by molar-refractivity contribution is -0.598. The Bertz CT molecular complexity index is 1720. The van der Waals surface area contributed by atoms with E-state index >= 15 is 0 Å². The molecule has 0 aromatic heterocycles. The van der Waals surface area contributed by atoms with Crippen molar-refractivity contribution < 1.29 is 120 Å². The Morgan fingerprint density at radius 2 is 0.913 bits per heavy atom. The molecule has 0 unspecified atom stereocenters. The highest BCUT2D eigenvalue weighted by Gasteiger charge is 2.49. The summed E-state index contributed by atoms with van der Waals surface area (Å²) < 4.78 is 188. The van der Waals surface area contributed by atoms with Crippen molar-refractivity contribution in [2.45, 2.75) is 16.5 Å². The fourth-order valence-electron chi connectivity index (χ4n) is 2.18. The summed E-state index contributed by atoms with van der Waals surface area (Å²) in [4.78, 5) is 0. The zero-order chi connectivity index (χ0) is 35.6. The third-order valence-electron chi connectivity index (χ3n) is 4.14. The molecule has 3 aromatic carbocycles. The molecule has 46 heavy (non-hydrogen) atoms. The second-order valence-corrected chi connectivity index (χ2v) is 17.4. The van der Waals surface area contributed by atoms with Crippen LogP contribution < -0.4 is 42.4 Å². The number of alkyl halides is 9. The quantitative estimate of drug-likeness (QED) is 0.0728. The fourth-order valence-corrected chi connectivity index (χ4v) is 6.94. The topological polar surface area (TPSA) is 158 Å². The fraction of sp³-hybridized carbons (Fsp3) is 0.130. The minimum absolute atomic E-state index is 0.275. The third-order valence-corrected chi connectivity index (χ3v) is 11.2. The van der Waals surface area contributed by atoms with Crippen molar-refractivity contribution in [3.05, 3.63) is 105 Å². The van der Waals surface area contributed by atoms with Gasteiger partial charge in [0.25, 0.3) is 0 Å². The van der Waals surface area contributed by atoms with Crippen LogP contribution in [0, 0.1) is 10.7 Å². The highest BCUT2D eigenvalue weighted by molar-refractivity contribution is 7.88. The van der Waals surface area contributed by atoms with E-state index in [1.807, 2.05) is 42.5 Å². The predicted molar refractivity (Wildman–Crippen MR) is 131 cm³/mol. The Hall–Kier alpha value is -2.20. The number of hydrogen-bond donors (Lipinski definition) is 0. The van der Waals surface area contributed by atoms with E-state index in [0.29, 0.717) is 0 Å². The molecule has 0 saturated carbocycles. The molecule has 0 N–H and O–H groups in total. The second kappa shape index (κ2) is 16.8. The van der Waals surface area contributed by atoms with E-state index in [0.717, 1.165) is 3.57 Å². The van der Waals surface area contributed by atoms with Crippen LogP contribution in [-0.4, -0.2) is 50.9 Å². The van der Waals surface area contributed by atoms with Gasteiger partial charge < -0.3 is 13.3 Å². The summed E-state index contributed by atoms with van der Waals surface area (Å²) in [6.07, 6.45) is 0. The molecule has 0 spiro atoms. The molecular weight excluding hydrogens is 941 g/mol. The van der Waals surface area contributed by atoms with Gasteiger partial charge in [0, 0.05) is 5.56 Å². The summed E-state index contributed by atoms with van der Waals surface area (Å²) in [6.45, 7) is 0. The van der Waals surface area contributed by atoms with E-state index in [9.17, 15) is 47.9 Å². The van der Waals surface area contributed by atoms with E-state index in [1.165, 1.54) is 23.4 Å². The summed E-state index contributed by atoms with van der Waals surface area (Å²) in [7, 11) is -17.9. The van der Waals surface area contributed by atoms with Gasteiger partial charge in [-0.05, 0) is 36.4 Å². The number of benzene rings is 3. The summed E-state index contributed by atoms with van der Waals surface area (Å²) in [6, 6.07) is 25.9. The van der Waals surface area contributed by atoms with Gasteiger partial charge in [0.1, 0.15) is 0 Å². The maximum atomic E-state index is 12.8. The largest absolute Gasteiger partial charge is 0.741 e. The SMILES string of the molecule is O=S(=O)(O/C(=C/[I+]c1ccc([I+]c2ccccc2)cc1)c1ccccc1)C(F)(F)F.O=S(=O)([O-])C(F)(F)F.O=S(=O)([O-])C(F)(F)F. The van der Waals surface area contributed by atoms with Gasteiger partial charge in [-0.25, -0.2) is 16.8 Å². The first-order valence-corrected chi connectivity index (χ1v) is 19.7. The van der Waals surface area contributed by atoms with Gasteiger partial charge in [0.2, 0.25) is 4.08 Å². The van der Waals surface area contributed by atoms with Crippen LogP contribution in [0.2, 0.25) is 0 Å². The molecule has 0 saturated heterocycles. The van der Waals surface area contributed by atoms with Crippen LogP contribution in [-0.2, 0) is 34.5 Å². The van der Waals surface area contributed by atoms with Gasteiger partial charge in [-0.2, -0.15) is 47.9 Å². The Morgan fingerprint density at radius 3 is 1.28 bits per heavy atom. The Balaban J connectivity index is 0.000000545. The van der Waals surface area contributed by atoms with Gasteiger partial charge in [-0.15, -0.1) is 0 Å². The standard InChI is InChI=1S/C21H15F3I2O3S.2CHF3O3S/c22-21(23,24)30(27,28)29-20(16-7-3-1-4-8-16)15-25-17-11-13-19(14-12-17)26-18-9-5-2-6-10-18;2*2-1(3,4)8(5,6)7/h1-15H;2*(H,5,6,7)/q+2;;/p-2/b20-15+;;. The molecule has 0 aliphatic rings. The normalized spacial score (nSPS) is 13.1. The van der Waals surface area contributed by atoms with Crippen LogP contribution >= 0.6 is 0 Å². The van der Waals surface area contributed by atoms with Crippen molar-refractivity contribution in [1.82, 2.24) is 0 Å². The van der Waals surface area contributed by atoms with E-state index in [2.05, 4.69) is 16.3 Å². The van der Waals surface area contributed by atoms with E-state index < -0.39 is 68.1 Å². The third kappa shape index (κ3) is 14.7. The smallest absolute Gasteiger partial charge is 0.534 e. The molecule has 23 heteroatoms. The molecule has 0 aliphatic carbocycles. The number of rotatable bonds is 7. The lowest BCUT2D eigenvalue weighted by Gasteiger charge is -2.10. The van der Waals surface area contributed by atoms with Crippen LogP contribution in [0.3, 0.4) is 0 Å². The molecular formula is C23H15F9I2O9S3. The first-order valence-electron chi connectivity index (χ1n) is 11.0. The highest BCUT2D eigenvalue weighted by atomic mass is 127. The maximum absolute atomic E-state index is 12.8. The zero-order valence-electron chi connectivity index (χ0n) is 21.7. The molecule has 0 radical (unpaired) electrons.